The van der Waals surface area contributed by atoms with Gasteiger partial charge in [-0.3, -0.25) is 4.79 Å². The molecule has 0 radical (unpaired) electrons. The molecule has 0 unspecified atom stereocenters. The highest BCUT2D eigenvalue weighted by atomic mass is 16.2. The van der Waals surface area contributed by atoms with Gasteiger partial charge < -0.3 is 4.48 Å². The van der Waals surface area contributed by atoms with Gasteiger partial charge in [-0.2, -0.15) is 5.10 Å². The molecule has 1 N–H and O–H groups in total. The van der Waals surface area contributed by atoms with Crippen LogP contribution in [0.4, 0.5) is 0 Å². The highest BCUT2D eigenvalue weighted by Crippen LogP contribution is 2.00. The first-order chi connectivity index (χ1) is 8.47. The first kappa shape index (κ1) is 14.4. The molecule has 1 amide bonds. The van der Waals surface area contributed by atoms with Gasteiger partial charge in [0, 0.05) is 6.21 Å². The van der Waals surface area contributed by atoms with E-state index in [-0.39, 0.29) is 5.91 Å². The molecule has 0 aliphatic heterocycles. The molecule has 0 aliphatic carbocycles. The normalized spacial score (nSPS) is 11.7. The minimum atomic E-state index is -0.0570. The van der Waals surface area contributed by atoms with Crippen molar-refractivity contribution in [3.05, 3.63) is 35.9 Å². The second-order valence-corrected chi connectivity index (χ2v) is 5.32. The van der Waals surface area contributed by atoms with Crippen molar-refractivity contribution >= 4 is 12.1 Å². The van der Waals surface area contributed by atoms with Crippen LogP contribution in [0.2, 0.25) is 0 Å². The third-order valence-corrected chi connectivity index (χ3v) is 2.30. The number of hydrogen-bond donors (Lipinski definition) is 1. The summed E-state index contributed by atoms with van der Waals surface area (Å²) in [6, 6.07) is 10.2. The quantitative estimate of drug-likeness (QED) is 0.462. The zero-order chi connectivity index (χ0) is 13.4. The first-order valence-corrected chi connectivity index (χ1v) is 6.12. The minimum Gasteiger partial charge on any atom is -0.323 e. The standard InChI is InChI=1S/C14H21N3O/c1-17(2,3)12-14(18)16-15-11-7-10-13-8-5-4-6-9-13/h4-6,8-9,11H,7,10,12H2,1-3H3/p+1/b15-11+. The summed E-state index contributed by atoms with van der Waals surface area (Å²) in [5, 5.41) is 3.94. The number of carbonyl (C=O) groups excluding carboxylic acids is 1. The van der Waals surface area contributed by atoms with Crippen LogP contribution in [0.5, 0.6) is 0 Å². The topological polar surface area (TPSA) is 41.5 Å². The third-order valence-electron chi connectivity index (χ3n) is 2.30. The van der Waals surface area contributed by atoms with Crippen LogP contribution >= 0.6 is 0 Å². The van der Waals surface area contributed by atoms with Gasteiger partial charge in [0.2, 0.25) is 0 Å². The fraction of sp³-hybridized carbons (Fsp3) is 0.429. The fourth-order valence-corrected chi connectivity index (χ4v) is 1.52. The van der Waals surface area contributed by atoms with Crippen LogP contribution in [0.15, 0.2) is 35.4 Å². The zero-order valence-corrected chi connectivity index (χ0v) is 11.4. The van der Waals surface area contributed by atoms with E-state index in [0.29, 0.717) is 11.0 Å². The molecule has 0 bridgehead atoms. The van der Waals surface area contributed by atoms with Crippen LogP contribution in [0.25, 0.3) is 0 Å². The van der Waals surface area contributed by atoms with Crippen molar-refractivity contribution in [2.24, 2.45) is 5.10 Å². The number of nitrogens with one attached hydrogen (secondary N) is 1. The van der Waals surface area contributed by atoms with E-state index < -0.39 is 0 Å². The fourth-order valence-electron chi connectivity index (χ4n) is 1.52. The number of hydrogen-bond acceptors (Lipinski definition) is 2. The van der Waals surface area contributed by atoms with E-state index >= 15 is 0 Å². The summed E-state index contributed by atoms with van der Waals surface area (Å²) in [5.41, 5.74) is 3.82. The molecule has 18 heavy (non-hydrogen) atoms. The summed E-state index contributed by atoms with van der Waals surface area (Å²) in [6.07, 6.45) is 3.52. The summed E-state index contributed by atoms with van der Waals surface area (Å²) in [4.78, 5) is 11.5. The van der Waals surface area contributed by atoms with Gasteiger partial charge in [-0.25, -0.2) is 5.43 Å². The molecule has 0 atom stereocenters. The Labute approximate surface area is 109 Å². The van der Waals surface area contributed by atoms with Crippen LogP contribution in [0.3, 0.4) is 0 Å². The number of quaternary nitrogens is 1. The van der Waals surface area contributed by atoms with E-state index in [1.54, 1.807) is 6.21 Å². The van der Waals surface area contributed by atoms with Crippen molar-refractivity contribution in [3.8, 4) is 0 Å². The number of nitrogens with zero attached hydrogens (tertiary/aromatic N) is 2. The van der Waals surface area contributed by atoms with Crippen molar-refractivity contribution in [1.29, 1.82) is 0 Å². The molecular weight excluding hydrogens is 226 g/mol. The van der Waals surface area contributed by atoms with Gasteiger partial charge >= 0.3 is 0 Å². The second-order valence-electron chi connectivity index (χ2n) is 5.32. The van der Waals surface area contributed by atoms with Gasteiger partial charge in [-0.05, 0) is 18.4 Å². The molecule has 0 saturated heterocycles. The molecule has 1 aromatic rings. The molecule has 0 aliphatic rings. The van der Waals surface area contributed by atoms with Crippen LogP contribution in [0.1, 0.15) is 12.0 Å². The van der Waals surface area contributed by atoms with Gasteiger partial charge in [-0.1, -0.05) is 30.3 Å². The second kappa shape index (κ2) is 6.91. The van der Waals surface area contributed by atoms with E-state index in [4.69, 9.17) is 0 Å². The summed E-state index contributed by atoms with van der Waals surface area (Å²) in [7, 11) is 5.91. The molecular formula is C14H22N3O+. The lowest BCUT2D eigenvalue weighted by Crippen LogP contribution is -2.43. The summed E-state index contributed by atoms with van der Waals surface area (Å²) >= 11 is 0. The highest BCUT2D eigenvalue weighted by molar-refractivity contribution is 5.77. The summed E-state index contributed by atoms with van der Waals surface area (Å²) in [5.74, 6) is -0.0570. The number of rotatable bonds is 6. The predicted octanol–water partition coefficient (Wildman–Crippen LogP) is 1.43. The van der Waals surface area contributed by atoms with Crippen LogP contribution < -0.4 is 5.43 Å². The van der Waals surface area contributed by atoms with Crippen molar-refractivity contribution in [2.45, 2.75) is 12.8 Å². The maximum atomic E-state index is 11.5. The summed E-state index contributed by atoms with van der Waals surface area (Å²) < 4.78 is 0.603. The smallest absolute Gasteiger partial charge is 0.295 e. The Bertz CT molecular complexity index is 393. The number of aryl methyl sites for hydroxylation is 1. The molecule has 0 aromatic heterocycles. The lowest BCUT2D eigenvalue weighted by atomic mass is 10.1. The molecule has 0 spiro atoms. The van der Waals surface area contributed by atoms with Gasteiger partial charge in [0.1, 0.15) is 0 Å². The Morgan fingerprint density at radius 2 is 1.94 bits per heavy atom. The Morgan fingerprint density at radius 3 is 2.56 bits per heavy atom. The van der Waals surface area contributed by atoms with Crippen LogP contribution in [-0.2, 0) is 11.2 Å². The number of likely N-dealkylation sites (N-methyl/N-ethyl adjacent to an activating group) is 1. The molecule has 0 saturated carbocycles. The van der Waals surface area contributed by atoms with E-state index in [2.05, 4.69) is 22.7 Å². The maximum absolute atomic E-state index is 11.5. The number of hydrazone groups is 1. The van der Waals surface area contributed by atoms with Gasteiger partial charge in [0.25, 0.3) is 5.91 Å². The van der Waals surface area contributed by atoms with E-state index in [0.717, 1.165) is 12.8 Å². The largest absolute Gasteiger partial charge is 0.323 e. The van der Waals surface area contributed by atoms with Crippen molar-refractivity contribution in [2.75, 3.05) is 27.7 Å². The van der Waals surface area contributed by atoms with E-state index in [1.807, 2.05) is 39.3 Å². The molecule has 1 aromatic carbocycles. The SMILES string of the molecule is C[N+](C)(C)CC(=O)N/N=C/CCc1ccccc1. The number of amides is 1. The number of benzene rings is 1. The Balaban J connectivity index is 2.20. The Hall–Kier alpha value is -1.68. The van der Waals surface area contributed by atoms with E-state index in [1.165, 1.54) is 5.56 Å². The van der Waals surface area contributed by atoms with Gasteiger partial charge in [0.05, 0.1) is 21.1 Å². The van der Waals surface area contributed by atoms with Crippen LogP contribution in [0, 0.1) is 0 Å². The molecule has 4 heteroatoms. The summed E-state index contributed by atoms with van der Waals surface area (Å²) in [6.45, 7) is 0.427. The predicted molar refractivity (Wildman–Crippen MR) is 74.3 cm³/mol. The highest BCUT2D eigenvalue weighted by Gasteiger charge is 2.12. The molecule has 0 heterocycles. The van der Waals surface area contributed by atoms with Gasteiger partial charge in [-0.15, -0.1) is 0 Å². The third kappa shape index (κ3) is 6.81. The van der Waals surface area contributed by atoms with Crippen LogP contribution in [-0.4, -0.2) is 44.3 Å². The lowest BCUT2D eigenvalue weighted by molar-refractivity contribution is -0.862. The lowest BCUT2D eigenvalue weighted by Gasteiger charge is -2.21. The Kier molecular flexibility index (Phi) is 5.52. The van der Waals surface area contributed by atoms with E-state index in [9.17, 15) is 4.79 Å². The minimum absolute atomic E-state index is 0.0570. The van der Waals surface area contributed by atoms with Crippen molar-refractivity contribution < 1.29 is 9.28 Å². The average molecular weight is 248 g/mol. The average Bonchev–Trinajstić information content (AvgIpc) is 2.27. The molecule has 0 fully saturated rings. The van der Waals surface area contributed by atoms with Gasteiger partial charge in [0.15, 0.2) is 6.54 Å². The molecule has 4 nitrogen and oxygen atoms in total. The number of carbonyl (C=O) groups is 1. The monoisotopic (exact) mass is 248 g/mol. The zero-order valence-electron chi connectivity index (χ0n) is 11.4. The maximum Gasteiger partial charge on any atom is 0.295 e. The first-order valence-electron chi connectivity index (χ1n) is 6.12. The molecule has 98 valence electrons. The Morgan fingerprint density at radius 1 is 1.28 bits per heavy atom. The van der Waals surface area contributed by atoms with Crippen molar-refractivity contribution in [3.63, 3.8) is 0 Å². The van der Waals surface area contributed by atoms with Crippen molar-refractivity contribution in [1.82, 2.24) is 5.43 Å². The molecule has 1 rings (SSSR count).